The number of hydrogen-bond donors (Lipinski definition) is 0. The highest BCUT2D eigenvalue weighted by Crippen LogP contribution is 2.20. The molecule has 0 fully saturated rings. The molecule has 1 nitrogen and oxygen atoms in total. The Morgan fingerprint density at radius 3 is 2.33 bits per heavy atom. The summed E-state index contributed by atoms with van der Waals surface area (Å²) in [7, 11) is 0. The van der Waals surface area contributed by atoms with Gasteiger partial charge in [-0.15, -0.1) is 12.3 Å². The van der Waals surface area contributed by atoms with E-state index in [1.165, 1.54) is 19.4 Å². The van der Waals surface area contributed by atoms with Crippen LogP contribution in [0.2, 0.25) is 0 Å². The molecule has 15 heavy (non-hydrogen) atoms. The fraction of sp³-hybridized carbons (Fsp3) is 0.857. The second-order valence-corrected chi connectivity index (χ2v) is 5.13. The van der Waals surface area contributed by atoms with Gasteiger partial charge in [0.1, 0.15) is 0 Å². The van der Waals surface area contributed by atoms with E-state index in [9.17, 15) is 0 Å². The van der Waals surface area contributed by atoms with Crippen LogP contribution < -0.4 is 0 Å². The van der Waals surface area contributed by atoms with E-state index in [0.717, 1.165) is 18.9 Å². The monoisotopic (exact) mass is 209 g/mol. The van der Waals surface area contributed by atoms with Crippen LogP contribution >= 0.6 is 0 Å². The summed E-state index contributed by atoms with van der Waals surface area (Å²) in [6.07, 6.45) is 8.83. The molecule has 0 amide bonds. The lowest BCUT2D eigenvalue weighted by molar-refractivity contribution is 0.110. The maximum absolute atomic E-state index is 5.42. The van der Waals surface area contributed by atoms with Crippen molar-refractivity contribution in [1.29, 1.82) is 0 Å². The van der Waals surface area contributed by atoms with Gasteiger partial charge in [0.25, 0.3) is 0 Å². The predicted molar refractivity (Wildman–Crippen MR) is 68.8 cm³/mol. The molecule has 0 aromatic heterocycles. The molecule has 1 heteroatoms. The third-order valence-electron chi connectivity index (χ3n) is 3.09. The molecule has 0 aliphatic heterocycles. The molecule has 0 radical (unpaired) electrons. The number of terminal acetylenes is 1. The van der Waals surface area contributed by atoms with E-state index in [1.807, 2.05) is 0 Å². The molecular weight excluding hydrogens is 182 g/mol. The molecule has 88 valence electrons. The van der Waals surface area contributed by atoms with Crippen molar-refractivity contribution in [3.8, 4) is 12.3 Å². The molecule has 0 spiro atoms. The average molecular weight is 209 g/mol. The molecule has 0 aliphatic carbocycles. The average Bonchev–Trinajstić information content (AvgIpc) is 2.14. The number of rotatable bonds is 7. The Hall–Kier alpha value is -0.480. The molecule has 1 atom stereocenters. The lowest BCUT2D eigenvalue weighted by Gasteiger charge is -2.38. The first-order chi connectivity index (χ1) is 6.97. The molecule has 0 rings (SSSR count). The highest BCUT2D eigenvalue weighted by atomic mass is 15.2. The summed E-state index contributed by atoms with van der Waals surface area (Å²) in [6, 6.07) is 0. The van der Waals surface area contributed by atoms with Crippen molar-refractivity contribution in [2.75, 3.05) is 13.1 Å². The highest BCUT2D eigenvalue weighted by molar-refractivity contribution is 4.96. The Labute approximate surface area is 96.2 Å². The highest BCUT2D eigenvalue weighted by Gasteiger charge is 2.25. The smallest absolute Gasteiger partial charge is 0.0266 e. The lowest BCUT2D eigenvalue weighted by atomic mass is 9.95. The van der Waals surface area contributed by atoms with Gasteiger partial charge in [-0.3, -0.25) is 4.90 Å². The first-order valence-corrected chi connectivity index (χ1v) is 6.16. The molecule has 0 aromatic rings. The summed E-state index contributed by atoms with van der Waals surface area (Å²) in [4.78, 5) is 2.51. The van der Waals surface area contributed by atoms with Gasteiger partial charge >= 0.3 is 0 Å². The van der Waals surface area contributed by atoms with Crippen LogP contribution in [0.15, 0.2) is 0 Å². The van der Waals surface area contributed by atoms with Crippen LogP contribution in [0.25, 0.3) is 0 Å². The molecule has 0 heterocycles. The Bertz CT molecular complexity index is 200. The van der Waals surface area contributed by atoms with Crippen molar-refractivity contribution in [3.05, 3.63) is 0 Å². The number of nitrogens with zero attached hydrogens (tertiary/aromatic N) is 1. The summed E-state index contributed by atoms with van der Waals surface area (Å²) >= 11 is 0. The van der Waals surface area contributed by atoms with E-state index in [4.69, 9.17) is 6.42 Å². The zero-order valence-electron chi connectivity index (χ0n) is 11.1. The lowest BCUT2D eigenvalue weighted by Crippen LogP contribution is -2.45. The van der Waals surface area contributed by atoms with Crippen LogP contribution in [-0.4, -0.2) is 23.5 Å². The fourth-order valence-electron chi connectivity index (χ4n) is 2.13. The van der Waals surface area contributed by atoms with Gasteiger partial charge in [-0.2, -0.15) is 0 Å². The molecule has 0 bridgehead atoms. The second-order valence-electron chi connectivity index (χ2n) is 5.13. The van der Waals surface area contributed by atoms with Crippen molar-refractivity contribution in [1.82, 2.24) is 4.90 Å². The van der Waals surface area contributed by atoms with Gasteiger partial charge in [-0.25, -0.2) is 0 Å². The quantitative estimate of drug-likeness (QED) is 0.580. The molecule has 0 aromatic carbocycles. The maximum Gasteiger partial charge on any atom is 0.0266 e. The molecule has 0 N–H and O–H groups in total. The van der Waals surface area contributed by atoms with Crippen molar-refractivity contribution >= 4 is 0 Å². The topological polar surface area (TPSA) is 3.24 Å². The predicted octanol–water partition coefficient (Wildman–Crippen LogP) is 3.55. The van der Waals surface area contributed by atoms with Crippen LogP contribution in [0.4, 0.5) is 0 Å². The summed E-state index contributed by atoms with van der Waals surface area (Å²) in [5, 5.41) is 0. The summed E-state index contributed by atoms with van der Waals surface area (Å²) in [6.45, 7) is 13.5. The summed E-state index contributed by atoms with van der Waals surface area (Å²) < 4.78 is 0. The Kier molecular flexibility index (Phi) is 6.68. The van der Waals surface area contributed by atoms with E-state index >= 15 is 0 Å². The Morgan fingerprint density at radius 2 is 1.93 bits per heavy atom. The van der Waals surface area contributed by atoms with Gasteiger partial charge < -0.3 is 0 Å². The van der Waals surface area contributed by atoms with Crippen molar-refractivity contribution in [2.24, 2.45) is 5.92 Å². The van der Waals surface area contributed by atoms with Crippen molar-refractivity contribution in [3.63, 3.8) is 0 Å². The van der Waals surface area contributed by atoms with E-state index in [1.54, 1.807) is 0 Å². The van der Waals surface area contributed by atoms with E-state index in [-0.39, 0.29) is 5.54 Å². The van der Waals surface area contributed by atoms with Gasteiger partial charge in [0.15, 0.2) is 0 Å². The SMILES string of the molecule is C#CCC(C)(C)N(CC)CC(C)CCC. The van der Waals surface area contributed by atoms with Crippen LogP contribution in [0.1, 0.15) is 53.9 Å². The minimum Gasteiger partial charge on any atom is -0.297 e. The van der Waals surface area contributed by atoms with Crippen LogP contribution in [-0.2, 0) is 0 Å². The maximum atomic E-state index is 5.42. The second kappa shape index (κ2) is 6.90. The zero-order valence-corrected chi connectivity index (χ0v) is 11.1. The Balaban J connectivity index is 4.29. The first-order valence-electron chi connectivity index (χ1n) is 6.16. The van der Waals surface area contributed by atoms with Gasteiger partial charge in [0.05, 0.1) is 0 Å². The zero-order chi connectivity index (χ0) is 11.9. The van der Waals surface area contributed by atoms with Gasteiger partial charge in [0, 0.05) is 18.5 Å². The third kappa shape index (κ3) is 5.23. The van der Waals surface area contributed by atoms with Gasteiger partial charge in [-0.05, 0) is 32.7 Å². The minimum atomic E-state index is 0.144. The normalized spacial score (nSPS) is 13.9. The first kappa shape index (κ1) is 14.5. The third-order valence-corrected chi connectivity index (χ3v) is 3.09. The fourth-order valence-corrected chi connectivity index (χ4v) is 2.13. The van der Waals surface area contributed by atoms with Crippen LogP contribution in [0.3, 0.4) is 0 Å². The van der Waals surface area contributed by atoms with E-state index in [2.05, 4.69) is 45.4 Å². The van der Waals surface area contributed by atoms with Gasteiger partial charge in [0.2, 0.25) is 0 Å². The van der Waals surface area contributed by atoms with Crippen LogP contribution in [0, 0.1) is 18.3 Å². The molecule has 1 unspecified atom stereocenters. The summed E-state index contributed by atoms with van der Waals surface area (Å²) in [5.41, 5.74) is 0.144. The van der Waals surface area contributed by atoms with Crippen molar-refractivity contribution < 1.29 is 0 Å². The standard InChI is InChI=1S/C14H27N/c1-7-10-13(4)12-15(9-3)14(5,6)11-8-2/h2,13H,7,9-12H2,1,3-6H3. The molecule has 0 saturated carbocycles. The number of hydrogen-bond acceptors (Lipinski definition) is 1. The molecule has 0 saturated heterocycles. The Morgan fingerprint density at radius 1 is 1.33 bits per heavy atom. The largest absolute Gasteiger partial charge is 0.297 e. The molecular formula is C14H27N. The van der Waals surface area contributed by atoms with Gasteiger partial charge in [-0.1, -0.05) is 27.2 Å². The summed E-state index contributed by atoms with van der Waals surface area (Å²) in [5.74, 6) is 3.56. The van der Waals surface area contributed by atoms with E-state index in [0.29, 0.717) is 0 Å². The van der Waals surface area contributed by atoms with Crippen molar-refractivity contribution in [2.45, 2.75) is 59.4 Å². The minimum absolute atomic E-state index is 0.144. The van der Waals surface area contributed by atoms with Crippen LogP contribution in [0.5, 0.6) is 0 Å². The molecule has 0 aliphatic rings. The van der Waals surface area contributed by atoms with E-state index < -0.39 is 0 Å².